The van der Waals surface area contributed by atoms with Crippen molar-refractivity contribution in [1.82, 2.24) is 19.4 Å². The number of aromatic nitrogens is 3. The van der Waals surface area contributed by atoms with Crippen molar-refractivity contribution < 1.29 is 0 Å². The third kappa shape index (κ3) is 3.27. The van der Waals surface area contributed by atoms with E-state index >= 15 is 0 Å². The van der Waals surface area contributed by atoms with E-state index in [1.54, 1.807) is 23.2 Å². The highest BCUT2D eigenvalue weighted by Gasteiger charge is 2.33. The first kappa shape index (κ1) is 15.7. The van der Waals surface area contributed by atoms with Crippen LogP contribution in [0.25, 0.3) is 0 Å². The van der Waals surface area contributed by atoms with Crippen molar-refractivity contribution in [1.29, 1.82) is 0 Å². The standard InChI is InChI=1S/C17H23N5O/c1-3-22-10-8-19-16(17(22)23)20-12-14-6-9-21(2)15(14)13-5-4-7-18-11-13/h4-5,7-8,10-11,14-15H,3,6,9,12H2,1-2H3,(H,19,20)/t14-,15-/m0/s1. The second kappa shape index (κ2) is 6.91. The number of nitrogens with one attached hydrogen (secondary N) is 1. The number of nitrogens with zero attached hydrogens (tertiary/aromatic N) is 4. The Morgan fingerprint density at radius 1 is 1.39 bits per heavy atom. The van der Waals surface area contributed by atoms with E-state index in [0.29, 0.717) is 24.3 Å². The van der Waals surface area contributed by atoms with Gasteiger partial charge in [-0.2, -0.15) is 0 Å². The molecule has 1 fully saturated rings. The summed E-state index contributed by atoms with van der Waals surface area (Å²) in [7, 11) is 2.14. The van der Waals surface area contributed by atoms with Gasteiger partial charge < -0.3 is 9.88 Å². The minimum atomic E-state index is -0.0562. The molecule has 3 heterocycles. The molecular weight excluding hydrogens is 290 g/mol. The quantitative estimate of drug-likeness (QED) is 0.911. The Labute approximate surface area is 136 Å². The number of hydrogen-bond donors (Lipinski definition) is 1. The number of likely N-dealkylation sites (tertiary alicyclic amines) is 1. The number of aryl methyl sites for hydroxylation is 1. The van der Waals surface area contributed by atoms with Gasteiger partial charge in [0.15, 0.2) is 5.82 Å². The Morgan fingerprint density at radius 2 is 2.26 bits per heavy atom. The van der Waals surface area contributed by atoms with Gasteiger partial charge in [-0.05, 0) is 44.5 Å². The van der Waals surface area contributed by atoms with E-state index in [1.807, 2.05) is 19.2 Å². The highest BCUT2D eigenvalue weighted by atomic mass is 16.1. The van der Waals surface area contributed by atoms with E-state index in [0.717, 1.165) is 19.5 Å². The first-order chi connectivity index (χ1) is 11.2. The van der Waals surface area contributed by atoms with Crippen molar-refractivity contribution in [3.8, 4) is 0 Å². The minimum Gasteiger partial charge on any atom is -0.365 e. The van der Waals surface area contributed by atoms with Crippen LogP contribution in [-0.2, 0) is 6.54 Å². The molecule has 122 valence electrons. The van der Waals surface area contributed by atoms with Crippen molar-refractivity contribution in [2.75, 3.05) is 25.5 Å². The normalized spacial score (nSPS) is 21.5. The molecule has 0 amide bonds. The summed E-state index contributed by atoms with van der Waals surface area (Å²) in [5.74, 6) is 0.870. The van der Waals surface area contributed by atoms with Crippen LogP contribution < -0.4 is 10.9 Å². The van der Waals surface area contributed by atoms with E-state index in [1.165, 1.54) is 5.56 Å². The van der Waals surface area contributed by atoms with Crippen LogP contribution in [0.2, 0.25) is 0 Å². The highest BCUT2D eigenvalue weighted by Crippen LogP contribution is 2.35. The van der Waals surface area contributed by atoms with Crippen molar-refractivity contribution >= 4 is 5.82 Å². The first-order valence-electron chi connectivity index (χ1n) is 8.10. The van der Waals surface area contributed by atoms with Gasteiger partial charge >= 0.3 is 0 Å². The lowest BCUT2D eigenvalue weighted by Gasteiger charge is -2.25. The number of rotatable bonds is 5. The van der Waals surface area contributed by atoms with Crippen LogP contribution in [0.5, 0.6) is 0 Å². The summed E-state index contributed by atoms with van der Waals surface area (Å²) in [5.41, 5.74) is 1.17. The van der Waals surface area contributed by atoms with E-state index < -0.39 is 0 Å². The lowest BCUT2D eigenvalue weighted by Crippen LogP contribution is -2.28. The predicted octanol–water partition coefficient (Wildman–Crippen LogP) is 1.76. The second-order valence-electron chi connectivity index (χ2n) is 6.01. The molecule has 1 N–H and O–H groups in total. The summed E-state index contributed by atoms with van der Waals surface area (Å²) in [6.07, 6.45) is 8.22. The molecule has 0 radical (unpaired) electrons. The average molecular weight is 313 g/mol. The third-order valence-corrected chi connectivity index (χ3v) is 4.59. The second-order valence-corrected chi connectivity index (χ2v) is 6.01. The molecule has 2 aromatic rings. The monoisotopic (exact) mass is 313 g/mol. The molecule has 1 aliphatic rings. The molecule has 1 saturated heterocycles. The van der Waals surface area contributed by atoms with Gasteiger partial charge in [0.05, 0.1) is 0 Å². The first-order valence-corrected chi connectivity index (χ1v) is 8.10. The predicted molar refractivity (Wildman–Crippen MR) is 90.4 cm³/mol. The Kier molecular flexibility index (Phi) is 4.71. The van der Waals surface area contributed by atoms with Crippen molar-refractivity contribution in [3.63, 3.8) is 0 Å². The Hall–Kier alpha value is -2.21. The van der Waals surface area contributed by atoms with Crippen LogP contribution in [0.3, 0.4) is 0 Å². The van der Waals surface area contributed by atoms with Crippen LogP contribution in [0, 0.1) is 5.92 Å². The molecule has 0 bridgehead atoms. The topological polar surface area (TPSA) is 63.1 Å². The van der Waals surface area contributed by atoms with Crippen LogP contribution in [0.4, 0.5) is 5.82 Å². The fourth-order valence-electron chi connectivity index (χ4n) is 3.36. The zero-order valence-corrected chi connectivity index (χ0v) is 13.6. The summed E-state index contributed by atoms with van der Waals surface area (Å²) in [6, 6.07) is 4.43. The van der Waals surface area contributed by atoms with Gasteiger partial charge in [-0.15, -0.1) is 0 Å². The molecule has 3 rings (SSSR count). The van der Waals surface area contributed by atoms with Crippen molar-refractivity contribution in [2.45, 2.75) is 25.9 Å². The van der Waals surface area contributed by atoms with Gasteiger partial charge in [0.25, 0.3) is 5.56 Å². The van der Waals surface area contributed by atoms with Crippen LogP contribution in [0.15, 0.2) is 41.7 Å². The molecule has 0 saturated carbocycles. The van der Waals surface area contributed by atoms with Gasteiger partial charge in [0, 0.05) is 43.9 Å². The largest absolute Gasteiger partial charge is 0.365 e. The number of pyridine rings is 1. The van der Waals surface area contributed by atoms with Gasteiger partial charge in [0.1, 0.15) is 0 Å². The van der Waals surface area contributed by atoms with Crippen LogP contribution in [-0.4, -0.2) is 39.6 Å². The average Bonchev–Trinajstić information content (AvgIpc) is 2.95. The van der Waals surface area contributed by atoms with Gasteiger partial charge in [-0.3, -0.25) is 14.7 Å². The summed E-state index contributed by atoms with van der Waals surface area (Å²) in [6.45, 7) is 4.39. The minimum absolute atomic E-state index is 0.0562. The Balaban J connectivity index is 1.74. The van der Waals surface area contributed by atoms with Gasteiger partial charge in [0.2, 0.25) is 0 Å². The van der Waals surface area contributed by atoms with E-state index in [-0.39, 0.29) is 5.56 Å². The molecule has 6 heteroatoms. The van der Waals surface area contributed by atoms with Crippen molar-refractivity contribution in [3.05, 3.63) is 52.8 Å². The molecule has 0 aromatic carbocycles. The SMILES string of the molecule is CCn1ccnc(NC[C@@H]2CCN(C)[C@H]2c2cccnc2)c1=O. The maximum atomic E-state index is 12.2. The highest BCUT2D eigenvalue weighted by molar-refractivity contribution is 5.31. The zero-order valence-electron chi connectivity index (χ0n) is 13.6. The molecule has 2 atom stereocenters. The van der Waals surface area contributed by atoms with Crippen molar-refractivity contribution in [2.24, 2.45) is 5.92 Å². The van der Waals surface area contributed by atoms with E-state index in [2.05, 4.69) is 33.3 Å². The van der Waals surface area contributed by atoms with Gasteiger partial charge in [-0.1, -0.05) is 6.07 Å². The third-order valence-electron chi connectivity index (χ3n) is 4.59. The number of hydrogen-bond acceptors (Lipinski definition) is 5. The van der Waals surface area contributed by atoms with E-state index in [4.69, 9.17) is 0 Å². The summed E-state index contributed by atoms with van der Waals surface area (Å²) in [4.78, 5) is 23.0. The molecule has 0 spiro atoms. The molecule has 2 aromatic heterocycles. The number of anilines is 1. The van der Waals surface area contributed by atoms with Gasteiger partial charge in [-0.25, -0.2) is 4.98 Å². The Bertz CT molecular complexity index is 700. The fraction of sp³-hybridized carbons (Fsp3) is 0.471. The summed E-state index contributed by atoms with van der Waals surface area (Å²) < 4.78 is 1.66. The molecule has 6 nitrogen and oxygen atoms in total. The summed E-state index contributed by atoms with van der Waals surface area (Å²) >= 11 is 0. The maximum Gasteiger partial charge on any atom is 0.293 e. The van der Waals surface area contributed by atoms with Crippen LogP contribution >= 0.6 is 0 Å². The smallest absolute Gasteiger partial charge is 0.293 e. The Morgan fingerprint density at radius 3 is 3.00 bits per heavy atom. The van der Waals surface area contributed by atoms with E-state index in [9.17, 15) is 4.79 Å². The lowest BCUT2D eigenvalue weighted by molar-refractivity contribution is 0.281. The fourth-order valence-corrected chi connectivity index (χ4v) is 3.36. The molecule has 23 heavy (non-hydrogen) atoms. The molecular formula is C17H23N5O. The maximum absolute atomic E-state index is 12.2. The van der Waals surface area contributed by atoms with Crippen LogP contribution in [0.1, 0.15) is 24.9 Å². The molecule has 0 unspecified atom stereocenters. The molecule has 0 aliphatic carbocycles. The summed E-state index contributed by atoms with van der Waals surface area (Å²) in [5, 5.41) is 3.26. The molecule has 1 aliphatic heterocycles. The zero-order chi connectivity index (χ0) is 16.2. The lowest BCUT2D eigenvalue weighted by atomic mass is 9.95.